The highest BCUT2D eigenvalue weighted by Gasteiger charge is 2.18. The van der Waals surface area contributed by atoms with Crippen molar-refractivity contribution in [2.24, 2.45) is 0 Å². The molecule has 0 unspecified atom stereocenters. The lowest BCUT2D eigenvalue weighted by atomic mass is 10.2. The summed E-state index contributed by atoms with van der Waals surface area (Å²) in [6.07, 6.45) is -0.167. The molecule has 0 saturated carbocycles. The first-order valence-corrected chi connectivity index (χ1v) is 9.48. The summed E-state index contributed by atoms with van der Waals surface area (Å²) in [5, 5.41) is 0. The van der Waals surface area contributed by atoms with Crippen LogP contribution >= 0.6 is 0 Å². The normalized spacial score (nSPS) is 11.3. The van der Waals surface area contributed by atoms with Crippen LogP contribution in [-0.4, -0.2) is 29.5 Å². The Balaban J connectivity index is 2.01. The number of anilines is 1. The number of hydrogen-bond acceptors (Lipinski definition) is 6. The Morgan fingerprint density at radius 2 is 1.50 bits per heavy atom. The molecule has 0 saturated heterocycles. The van der Waals surface area contributed by atoms with Gasteiger partial charge in [0.15, 0.2) is 5.82 Å². The van der Waals surface area contributed by atoms with Crippen molar-refractivity contribution in [2.75, 3.05) is 4.72 Å². The van der Waals surface area contributed by atoms with E-state index in [0.29, 0.717) is 5.82 Å². The number of rotatable bonds is 6. The molecule has 0 aliphatic heterocycles. The van der Waals surface area contributed by atoms with E-state index in [4.69, 9.17) is 4.74 Å². The van der Waals surface area contributed by atoms with Gasteiger partial charge in [-0.15, -0.1) is 0 Å². The third-order valence-electron chi connectivity index (χ3n) is 3.27. The number of nitrogens with zero attached hydrogens (tertiary/aromatic N) is 3. The minimum atomic E-state index is -3.82. The van der Waals surface area contributed by atoms with Gasteiger partial charge in [-0.3, -0.25) is 0 Å². The standard InChI is InChI=1S/C18H18N4O3S/c1-13(2)25-18-20-16(14-9-5-3-6-10-14)19-17(21-18)22-26(23,24)15-11-7-4-8-12-15/h3-13H,1-2H3,(H,19,20,21,22). The Morgan fingerprint density at radius 1 is 0.885 bits per heavy atom. The minimum Gasteiger partial charge on any atom is -0.461 e. The summed E-state index contributed by atoms with van der Waals surface area (Å²) in [5.41, 5.74) is 0.726. The third-order valence-corrected chi connectivity index (χ3v) is 4.61. The second-order valence-electron chi connectivity index (χ2n) is 5.72. The second-order valence-corrected chi connectivity index (χ2v) is 7.40. The Bertz CT molecular complexity index is 978. The molecule has 0 amide bonds. The van der Waals surface area contributed by atoms with E-state index in [1.807, 2.05) is 44.2 Å². The topological polar surface area (TPSA) is 94.1 Å². The largest absolute Gasteiger partial charge is 0.461 e. The molecule has 134 valence electrons. The van der Waals surface area contributed by atoms with Crippen LogP contribution in [0.3, 0.4) is 0 Å². The monoisotopic (exact) mass is 370 g/mol. The van der Waals surface area contributed by atoms with Crippen molar-refractivity contribution in [3.05, 3.63) is 60.7 Å². The molecule has 3 rings (SSSR count). The summed E-state index contributed by atoms with van der Waals surface area (Å²) in [4.78, 5) is 12.7. The second kappa shape index (κ2) is 7.49. The van der Waals surface area contributed by atoms with Crippen LogP contribution in [0, 0.1) is 0 Å². The smallest absolute Gasteiger partial charge is 0.322 e. The SMILES string of the molecule is CC(C)Oc1nc(NS(=O)(=O)c2ccccc2)nc(-c2ccccc2)n1. The molecule has 1 aromatic heterocycles. The molecule has 0 atom stereocenters. The van der Waals surface area contributed by atoms with Crippen molar-refractivity contribution >= 4 is 16.0 Å². The van der Waals surface area contributed by atoms with Crippen molar-refractivity contribution in [3.8, 4) is 17.4 Å². The summed E-state index contributed by atoms with van der Waals surface area (Å²) in [7, 11) is -3.82. The first-order valence-electron chi connectivity index (χ1n) is 8.00. The third kappa shape index (κ3) is 4.34. The number of benzene rings is 2. The average molecular weight is 370 g/mol. The van der Waals surface area contributed by atoms with Crippen molar-refractivity contribution in [3.63, 3.8) is 0 Å². The number of ether oxygens (including phenoxy) is 1. The molecule has 0 aliphatic rings. The number of aromatic nitrogens is 3. The van der Waals surface area contributed by atoms with Gasteiger partial charge in [-0.05, 0) is 26.0 Å². The molecular weight excluding hydrogens is 352 g/mol. The molecule has 26 heavy (non-hydrogen) atoms. The molecule has 8 heteroatoms. The Kier molecular flexibility index (Phi) is 5.13. The summed E-state index contributed by atoms with van der Waals surface area (Å²) < 4.78 is 33.0. The number of hydrogen-bond donors (Lipinski definition) is 1. The highest BCUT2D eigenvalue weighted by atomic mass is 32.2. The lowest BCUT2D eigenvalue weighted by Gasteiger charge is -2.12. The van der Waals surface area contributed by atoms with E-state index in [2.05, 4.69) is 19.7 Å². The van der Waals surface area contributed by atoms with Gasteiger partial charge in [-0.2, -0.15) is 15.0 Å². The lowest BCUT2D eigenvalue weighted by molar-refractivity contribution is 0.222. The van der Waals surface area contributed by atoms with Crippen LogP contribution in [0.2, 0.25) is 0 Å². The van der Waals surface area contributed by atoms with E-state index in [9.17, 15) is 8.42 Å². The minimum absolute atomic E-state index is 0.0552. The van der Waals surface area contributed by atoms with E-state index >= 15 is 0 Å². The average Bonchev–Trinajstić information content (AvgIpc) is 2.62. The van der Waals surface area contributed by atoms with Crippen molar-refractivity contribution < 1.29 is 13.2 Å². The molecule has 0 bridgehead atoms. The molecule has 0 aliphatic carbocycles. The molecular formula is C18H18N4O3S. The maximum Gasteiger partial charge on any atom is 0.322 e. The molecule has 3 aromatic rings. The van der Waals surface area contributed by atoms with E-state index in [1.54, 1.807) is 18.2 Å². The number of nitrogens with one attached hydrogen (secondary N) is 1. The van der Waals surface area contributed by atoms with Crippen molar-refractivity contribution in [2.45, 2.75) is 24.8 Å². The molecule has 0 spiro atoms. The van der Waals surface area contributed by atoms with Crippen LogP contribution < -0.4 is 9.46 Å². The van der Waals surface area contributed by atoms with E-state index < -0.39 is 10.0 Å². The fourth-order valence-corrected chi connectivity index (χ4v) is 3.13. The van der Waals surface area contributed by atoms with E-state index in [1.165, 1.54) is 12.1 Å². The molecule has 1 N–H and O–H groups in total. The Morgan fingerprint density at radius 3 is 2.12 bits per heavy atom. The van der Waals surface area contributed by atoms with Gasteiger partial charge >= 0.3 is 6.01 Å². The van der Waals surface area contributed by atoms with Gasteiger partial charge in [0.2, 0.25) is 5.95 Å². The zero-order valence-corrected chi connectivity index (χ0v) is 15.1. The Hall–Kier alpha value is -3.00. The van der Waals surface area contributed by atoms with Crippen molar-refractivity contribution in [1.29, 1.82) is 0 Å². The summed E-state index contributed by atoms with van der Waals surface area (Å²) in [6.45, 7) is 3.67. The van der Waals surface area contributed by atoms with Crippen LogP contribution in [0.4, 0.5) is 5.95 Å². The summed E-state index contributed by atoms with van der Waals surface area (Å²) in [5.74, 6) is 0.223. The van der Waals surface area contributed by atoms with Crippen LogP contribution in [0.5, 0.6) is 6.01 Å². The zero-order valence-electron chi connectivity index (χ0n) is 14.3. The molecule has 0 fully saturated rings. The van der Waals surface area contributed by atoms with Gasteiger partial charge in [0.25, 0.3) is 10.0 Å². The summed E-state index contributed by atoms with van der Waals surface area (Å²) in [6, 6.07) is 17.3. The molecule has 2 aromatic carbocycles. The highest BCUT2D eigenvalue weighted by Crippen LogP contribution is 2.21. The fraction of sp³-hybridized carbons (Fsp3) is 0.167. The predicted octanol–water partition coefficient (Wildman–Crippen LogP) is 3.13. The van der Waals surface area contributed by atoms with Gasteiger partial charge in [0.1, 0.15) is 0 Å². The van der Waals surface area contributed by atoms with Crippen LogP contribution in [0.15, 0.2) is 65.6 Å². The predicted molar refractivity (Wildman–Crippen MR) is 98.3 cm³/mol. The first-order chi connectivity index (χ1) is 12.4. The zero-order chi connectivity index (χ0) is 18.6. The lowest BCUT2D eigenvalue weighted by Crippen LogP contribution is -2.17. The van der Waals surface area contributed by atoms with E-state index in [0.717, 1.165) is 5.56 Å². The van der Waals surface area contributed by atoms with Crippen LogP contribution in [0.25, 0.3) is 11.4 Å². The van der Waals surface area contributed by atoms with Gasteiger partial charge in [0, 0.05) is 5.56 Å². The highest BCUT2D eigenvalue weighted by molar-refractivity contribution is 7.92. The van der Waals surface area contributed by atoms with Crippen LogP contribution in [-0.2, 0) is 10.0 Å². The molecule has 0 radical (unpaired) electrons. The van der Waals surface area contributed by atoms with Crippen LogP contribution in [0.1, 0.15) is 13.8 Å². The quantitative estimate of drug-likeness (QED) is 0.716. The number of sulfonamides is 1. The van der Waals surface area contributed by atoms with Gasteiger partial charge < -0.3 is 4.74 Å². The van der Waals surface area contributed by atoms with Gasteiger partial charge in [-0.25, -0.2) is 13.1 Å². The van der Waals surface area contributed by atoms with Gasteiger partial charge in [-0.1, -0.05) is 48.5 Å². The maximum absolute atomic E-state index is 12.5. The Labute approximate surface area is 152 Å². The molecule has 1 heterocycles. The van der Waals surface area contributed by atoms with Gasteiger partial charge in [0.05, 0.1) is 11.0 Å². The molecule has 7 nitrogen and oxygen atoms in total. The fourth-order valence-electron chi connectivity index (χ4n) is 2.16. The van der Waals surface area contributed by atoms with Crippen molar-refractivity contribution in [1.82, 2.24) is 15.0 Å². The maximum atomic E-state index is 12.5. The summed E-state index contributed by atoms with van der Waals surface area (Å²) >= 11 is 0. The van der Waals surface area contributed by atoms with E-state index in [-0.39, 0.29) is 23.0 Å². The first kappa shape index (κ1) is 17.8.